The minimum Gasteiger partial charge on any atom is -0.337 e. The predicted molar refractivity (Wildman–Crippen MR) is 79.7 cm³/mol. The fraction of sp³-hybridized carbons (Fsp3) is 0.467. The predicted octanol–water partition coefficient (Wildman–Crippen LogP) is 2.81. The summed E-state index contributed by atoms with van der Waals surface area (Å²) in [5.74, 6) is 0.586. The lowest BCUT2D eigenvalue weighted by atomic mass is 9.92. The zero-order valence-corrected chi connectivity index (χ0v) is 11.9. The molecule has 0 heterocycles. The summed E-state index contributed by atoms with van der Waals surface area (Å²) in [7, 11) is 0. The molecule has 1 fully saturated rings. The highest BCUT2D eigenvalue weighted by Gasteiger charge is 2.45. The number of anilines is 2. The van der Waals surface area contributed by atoms with Crippen molar-refractivity contribution in [1.82, 2.24) is 5.32 Å². The standard InChI is InChI=1S/C15H21N3O2/c1-11(2)15(6-7-15)9-16-14(20)18-13-5-3-4-12(8-13)17-10-19/h3-5,8,10-11H,6-7,9H2,1-2H3,(H,17,19)(H2,16,18,20). The van der Waals surface area contributed by atoms with Crippen LogP contribution in [0.25, 0.3) is 0 Å². The van der Waals surface area contributed by atoms with E-state index in [-0.39, 0.29) is 11.4 Å². The summed E-state index contributed by atoms with van der Waals surface area (Å²) in [6.07, 6.45) is 2.98. The normalized spacial score (nSPS) is 15.6. The molecule has 20 heavy (non-hydrogen) atoms. The van der Waals surface area contributed by atoms with Crippen molar-refractivity contribution >= 4 is 23.8 Å². The van der Waals surface area contributed by atoms with Crippen LogP contribution in [0.15, 0.2) is 24.3 Å². The number of amides is 3. The summed E-state index contributed by atoms with van der Waals surface area (Å²) in [5, 5.41) is 8.25. The van der Waals surface area contributed by atoms with E-state index < -0.39 is 0 Å². The first kappa shape index (κ1) is 14.4. The highest BCUT2D eigenvalue weighted by molar-refractivity contribution is 5.90. The quantitative estimate of drug-likeness (QED) is 0.699. The molecule has 0 aliphatic heterocycles. The number of hydrogen-bond acceptors (Lipinski definition) is 2. The first-order valence-corrected chi connectivity index (χ1v) is 6.91. The summed E-state index contributed by atoms with van der Waals surface area (Å²) in [4.78, 5) is 22.2. The van der Waals surface area contributed by atoms with Crippen molar-refractivity contribution in [3.63, 3.8) is 0 Å². The number of urea groups is 1. The van der Waals surface area contributed by atoms with Crippen molar-refractivity contribution in [2.45, 2.75) is 26.7 Å². The summed E-state index contributed by atoms with van der Waals surface area (Å²) in [6, 6.07) is 6.82. The number of carbonyl (C=O) groups excluding carboxylic acids is 2. The Morgan fingerprint density at radius 1 is 1.35 bits per heavy atom. The Balaban J connectivity index is 1.85. The topological polar surface area (TPSA) is 70.2 Å². The molecule has 1 saturated carbocycles. The summed E-state index contributed by atoms with van der Waals surface area (Å²) >= 11 is 0. The van der Waals surface area contributed by atoms with E-state index in [1.54, 1.807) is 24.3 Å². The maximum atomic E-state index is 11.9. The third-order valence-electron chi connectivity index (χ3n) is 4.06. The van der Waals surface area contributed by atoms with E-state index in [2.05, 4.69) is 29.8 Å². The van der Waals surface area contributed by atoms with Crippen molar-refractivity contribution < 1.29 is 9.59 Å². The van der Waals surface area contributed by atoms with Crippen LogP contribution in [0.3, 0.4) is 0 Å². The van der Waals surface area contributed by atoms with Gasteiger partial charge in [0.1, 0.15) is 0 Å². The van der Waals surface area contributed by atoms with E-state index >= 15 is 0 Å². The van der Waals surface area contributed by atoms with Crippen LogP contribution in [0.2, 0.25) is 0 Å². The van der Waals surface area contributed by atoms with Crippen LogP contribution in [-0.2, 0) is 4.79 Å². The third kappa shape index (κ3) is 3.50. The van der Waals surface area contributed by atoms with Gasteiger partial charge in [-0.25, -0.2) is 4.79 Å². The molecule has 2 rings (SSSR count). The van der Waals surface area contributed by atoms with Crippen molar-refractivity contribution in [2.75, 3.05) is 17.2 Å². The van der Waals surface area contributed by atoms with E-state index in [1.165, 1.54) is 12.8 Å². The summed E-state index contributed by atoms with van der Waals surface area (Å²) in [5.41, 5.74) is 1.60. The second kappa shape index (κ2) is 5.94. The Hall–Kier alpha value is -2.04. The van der Waals surface area contributed by atoms with Crippen LogP contribution in [0.4, 0.5) is 16.2 Å². The van der Waals surface area contributed by atoms with Gasteiger partial charge in [0.2, 0.25) is 6.41 Å². The molecule has 0 bridgehead atoms. The van der Waals surface area contributed by atoms with Gasteiger partial charge in [-0.2, -0.15) is 0 Å². The molecule has 0 radical (unpaired) electrons. The van der Waals surface area contributed by atoms with E-state index in [4.69, 9.17) is 0 Å². The molecule has 0 spiro atoms. The molecule has 1 aliphatic rings. The first-order valence-electron chi connectivity index (χ1n) is 6.91. The number of nitrogens with one attached hydrogen (secondary N) is 3. The van der Waals surface area contributed by atoms with Gasteiger partial charge >= 0.3 is 6.03 Å². The highest BCUT2D eigenvalue weighted by Crippen LogP contribution is 2.51. The maximum absolute atomic E-state index is 11.9. The van der Waals surface area contributed by atoms with Crippen molar-refractivity contribution in [3.05, 3.63) is 24.3 Å². The summed E-state index contributed by atoms with van der Waals surface area (Å²) < 4.78 is 0. The Bertz CT molecular complexity index is 496. The molecule has 3 N–H and O–H groups in total. The lowest BCUT2D eigenvalue weighted by Gasteiger charge is -2.20. The third-order valence-corrected chi connectivity index (χ3v) is 4.06. The molecule has 5 heteroatoms. The molecular formula is C15H21N3O2. The highest BCUT2D eigenvalue weighted by atomic mass is 16.2. The summed E-state index contributed by atoms with van der Waals surface area (Å²) in [6.45, 7) is 5.10. The fourth-order valence-electron chi connectivity index (χ4n) is 2.31. The minimum absolute atomic E-state index is 0.208. The molecule has 1 aromatic rings. The molecule has 0 atom stereocenters. The van der Waals surface area contributed by atoms with Crippen LogP contribution in [-0.4, -0.2) is 19.0 Å². The van der Waals surface area contributed by atoms with Crippen LogP contribution < -0.4 is 16.0 Å². The molecule has 108 valence electrons. The van der Waals surface area contributed by atoms with Gasteiger partial charge in [-0.05, 0) is 42.4 Å². The van der Waals surface area contributed by atoms with Crippen molar-refractivity contribution in [1.29, 1.82) is 0 Å². The van der Waals surface area contributed by atoms with Gasteiger partial charge in [-0.3, -0.25) is 4.79 Å². The zero-order valence-electron chi connectivity index (χ0n) is 11.9. The Kier molecular flexibility index (Phi) is 4.27. The van der Waals surface area contributed by atoms with E-state index in [0.717, 1.165) is 0 Å². The minimum atomic E-state index is -0.208. The van der Waals surface area contributed by atoms with Crippen LogP contribution in [0.1, 0.15) is 26.7 Å². The molecule has 5 nitrogen and oxygen atoms in total. The SMILES string of the molecule is CC(C)C1(CNC(=O)Nc2cccc(NC=O)c2)CC1. The van der Waals surface area contributed by atoms with Crippen molar-refractivity contribution in [3.8, 4) is 0 Å². The molecule has 0 unspecified atom stereocenters. The lowest BCUT2D eigenvalue weighted by Crippen LogP contribution is -2.35. The molecule has 0 aromatic heterocycles. The molecule has 3 amide bonds. The second-order valence-corrected chi connectivity index (χ2v) is 5.67. The van der Waals surface area contributed by atoms with Gasteiger partial charge in [0.05, 0.1) is 0 Å². The monoisotopic (exact) mass is 275 g/mol. The largest absolute Gasteiger partial charge is 0.337 e. The smallest absolute Gasteiger partial charge is 0.319 e. The van der Waals surface area contributed by atoms with Gasteiger partial charge in [0.15, 0.2) is 0 Å². The Morgan fingerprint density at radius 2 is 2.05 bits per heavy atom. The number of benzene rings is 1. The van der Waals surface area contributed by atoms with E-state index in [1.807, 2.05) is 0 Å². The average Bonchev–Trinajstić information content (AvgIpc) is 3.18. The number of carbonyl (C=O) groups is 2. The van der Waals surface area contributed by atoms with E-state index in [9.17, 15) is 9.59 Å². The van der Waals surface area contributed by atoms with Crippen molar-refractivity contribution in [2.24, 2.45) is 11.3 Å². The van der Waals surface area contributed by atoms with Crippen LogP contribution >= 0.6 is 0 Å². The fourth-order valence-corrected chi connectivity index (χ4v) is 2.31. The Morgan fingerprint density at radius 3 is 2.65 bits per heavy atom. The van der Waals surface area contributed by atoms with E-state index in [0.29, 0.717) is 30.2 Å². The maximum Gasteiger partial charge on any atom is 0.319 e. The Labute approximate surface area is 119 Å². The number of rotatable bonds is 6. The molecule has 0 saturated heterocycles. The molecule has 1 aromatic carbocycles. The average molecular weight is 275 g/mol. The molecular weight excluding hydrogens is 254 g/mol. The number of hydrogen-bond donors (Lipinski definition) is 3. The van der Waals surface area contributed by atoms with Gasteiger partial charge in [-0.15, -0.1) is 0 Å². The van der Waals surface area contributed by atoms with Gasteiger partial charge in [0, 0.05) is 17.9 Å². The first-order chi connectivity index (χ1) is 9.55. The van der Waals surface area contributed by atoms with Gasteiger partial charge in [0.25, 0.3) is 0 Å². The van der Waals surface area contributed by atoms with Gasteiger partial charge in [-0.1, -0.05) is 19.9 Å². The lowest BCUT2D eigenvalue weighted by molar-refractivity contribution is -0.105. The zero-order chi connectivity index (χ0) is 14.6. The second-order valence-electron chi connectivity index (χ2n) is 5.67. The van der Waals surface area contributed by atoms with Crippen LogP contribution in [0.5, 0.6) is 0 Å². The molecule has 1 aliphatic carbocycles. The van der Waals surface area contributed by atoms with Gasteiger partial charge < -0.3 is 16.0 Å². The van der Waals surface area contributed by atoms with Crippen LogP contribution in [0, 0.1) is 11.3 Å².